The van der Waals surface area contributed by atoms with Gasteiger partial charge in [-0.05, 0) is 25.5 Å². The van der Waals surface area contributed by atoms with Gasteiger partial charge in [-0.3, -0.25) is 4.79 Å². The van der Waals surface area contributed by atoms with E-state index in [1.54, 1.807) is 16.5 Å². The molecule has 1 amide bonds. The van der Waals surface area contributed by atoms with Crippen molar-refractivity contribution >= 4 is 17.5 Å². The lowest BCUT2D eigenvalue weighted by atomic mass is 10.2. The van der Waals surface area contributed by atoms with Gasteiger partial charge in [0.25, 0.3) is 5.91 Å². The molecule has 0 saturated carbocycles. The fourth-order valence-electron chi connectivity index (χ4n) is 2.15. The van der Waals surface area contributed by atoms with Crippen LogP contribution in [-0.2, 0) is 9.59 Å². The molecule has 0 aliphatic carbocycles. The van der Waals surface area contributed by atoms with Gasteiger partial charge in [-0.2, -0.15) is 0 Å². The molecule has 0 fully saturated rings. The Morgan fingerprint density at radius 3 is 2.95 bits per heavy atom. The van der Waals surface area contributed by atoms with Crippen molar-refractivity contribution in [2.75, 3.05) is 6.61 Å². The summed E-state index contributed by atoms with van der Waals surface area (Å²) in [6, 6.07) is 2.62. The maximum Gasteiger partial charge on any atom is 0.326 e. The molecule has 118 valence electrons. The molecule has 2 aromatic heterocycles. The van der Waals surface area contributed by atoms with E-state index in [2.05, 4.69) is 10.3 Å². The first-order valence-corrected chi connectivity index (χ1v) is 7.10. The van der Waals surface area contributed by atoms with E-state index < -0.39 is 17.9 Å². The number of aryl methyl sites for hydroxylation is 1. The van der Waals surface area contributed by atoms with Gasteiger partial charge in [0.1, 0.15) is 6.04 Å². The van der Waals surface area contributed by atoms with Crippen molar-refractivity contribution in [3.8, 4) is 5.75 Å². The highest BCUT2D eigenvalue weighted by molar-refractivity contribution is 5.84. The lowest BCUT2D eigenvalue weighted by Crippen LogP contribution is -2.42. The normalized spacial score (nSPS) is 12.1. The Morgan fingerprint density at radius 1 is 1.50 bits per heavy atom. The summed E-state index contributed by atoms with van der Waals surface area (Å²) in [5.74, 6) is -1.03. The van der Waals surface area contributed by atoms with Gasteiger partial charge in [0.2, 0.25) is 0 Å². The predicted molar refractivity (Wildman–Crippen MR) is 79.9 cm³/mol. The molecule has 0 aliphatic heterocycles. The van der Waals surface area contributed by atoms with Gasteiger partial charge in [-0.15, -0.1) is 0 Å². The Labute approximate surface area is 127 Å². The number of hydrogen-bond donors (Lipinski definition) is 2. The van der Waals surface area contributed by atoms with Crippen molar-refractivity contribution in [2.24, 2.45) is 0 Å². The summed E-state index contributed by atoms with van der Waals surface area (Å²) in [4.78, 5) is 27.2. The lowest BCUT2D eigenvalue weighted by molar-refractivity contribution is -0.142. The summed E-state index contributed by atoms with van der Waals surface area (Å²) in [5, 5.41) is 11.5. The van der Waals surface area contributed by atoms with E-state index in [9.17, 15) is 9.59 Å². The second-order valence-corrected chi connectivity index (χ2v) is 5.02. The first-order valence-electron chi connectivity index (χ1n) is 7.10. The fourth-order valence-corrected chi connectivity index (χ4v) is 2.15. The maximum atomic E-state index is 11.8. The molecular weight excluding hydrogens is 286 g/mol. The number of carboxylic acids is 1. The number of hydrogen-bond acceptors (Lipinski definition) is 4. The number of carboxylic acid groups (broad SMARTS) is 1. The summed E-state index contributed by atoms with van der Waals surface area (Å²) in [6.45, 7) is 3.48. The molecule has 1 atom stereocenters. The molecule has 2 heterocycles. The Bertz CT molecular complexity index is 680. The second kappa shape index (κ2) is 6.93. The number of fused-ring (bicyclic) bond motifs is 1. The fraction of sp³-hybridized carbons (Fsp3) is 0.400. The van der Waals surface area contributed by atoms with Gasteiger partial charge in [0.05, 0.1) is 5.69 Å². The van der Waals surface area contributed by atoms with Gasteiger partial charge in [-0.25, -0.2) is 9.78 Å². The number of pyridine rings is 1. The highest BCUT2D eigenvalue weighted by Gasteiger charge is 2.19. The summed E-state index contributed by atoms with van der Waals surface area (Å²) in [6.07, 6.45) is 4.74. The zero-order valence-corrected chi connectivity index (χ0v) is 12.6. The third-order valence-electron chi connectivity index (χ3n) is 3.14. The van der Waals surface area contributed by atoms with Gasteiger partial charge >= 0.3 is 5.97 Å². The molecule has 7 nitrogen and oxygen atoms in total. The van der Waals surface area contributed by atoms with Crippen LogP contribution < -0.4 is 10.1 Å². The minimum Gasteiger partial charge on any atom is -0.480 e. The van der Waals surface area contributed by atoms with Crippen LogP contribution in [0.5, 0.6) is 5.75 Å². The summed E-state index contributed by atoms with van der Waals surface area (Å²) >= 11 is 0. The minimum atomic E-state index is -1.04. The van der Waals surface area contributed by atoms with Crippen LogP contribution in [0, 0.1) is 6.92 Å². The van der Waals surface area contributed by atoms with Crippen molar-refractivity contribution in [1.29, 1.82) is 0 Å². The van der Waals surface area contributed by atoms with Crippen molar-refractivity contribution < 1.29 is 19.4 Å². The van der Waals surface area contributed by atoms with E-state index in [1.165, 1.54) is 0 Å². The molecular formula is C15H19N3O4. The smallest absolute Gasteiger partial charge is 0.326 e. The van der Waals surface area contributed by atoms with E-state index in [4.69, 9.17) is 9.84 Å². The second-order valence-electron chi connectivity index (χ2n) is 5.02. The van der Waals surface area contributed by atoms with Gasteiger partial charge in [-0.1, -0.05) is 13.3 Å². The van der Waals surface area contributed by atoms with Gasteiger partial charge < -0.3 is 19.6 Å². The number of aromatic nitrogens is 2. The van der Waals surface area contributed by atoms with Crippen LogP contribution in [0.4, 0.5) is 0 Å². The van der Waals surface area contributed by atoms with Crippen LogP contribution in [-0.4, -0.2) is 39.0 Å². The first-order chi connectivity index (χ1) is 10.5. The minimum absolute atomic E-state index is 0.251. The number of carbonyl (C=O) groups is 2. The average Bonchev–Trinajstić information content (AvgIpc) is 2.85. The third kappa shape index (κ3) is 3.75. The first kappa shape index (κ1) is 15.8. The topological polar surface area (TPSA) is 92.9 Å². The Hall–Kier alpha value is -2.57. The van der Waals surface area contributed by atoms with Crippen molar-refractivity contribution in [3.63, 3.8) is 0 Å². The number of nitrogens with zero attached hydrogens (tertiary/aromatic N) is 2. The van der Waals surface area contributed by atoms with Crippen LogP contribution in [0.25, 0.3) is 5.65 Å². The molecule has 0 saturated heterocycles. The highest BCUT2D eigenvalue weighted by Crippen LogP contribution is 2.18. The third-order valence-corrected chi connectivity index (χ3v) is 3.14. The van der Waals surface area contributed by atoms with Crippen molar-refractivity contribution in [3.05, 3.63) is 30.2 Å². The Kier molecular flexibility index (Phi) is 4.98. The van der Waals surface area contributed by atoms with E-state index in [0.717, 1.165) is 5.69 Å². The molecule has 0 spiro atoms. The van der Waals surface area contributed by atoms with E-state index >= 15 is 0 Å². The van der Waals surface area contributed by atoms with Crippen molar-refractivity contribution in [2.45, 2.75) is 32.7 Å². The van der Waals surface area contributed by atoms with Crippen LogP contribution >= 0.6 is 0 Å². The van der Waals surface area contributed by atoms with Gasteiger partial charge in [0, 0.05) is 12.4 Å². The van der Waals surface area contributed by atoms with E-state index in [0.29, 0.717) is 24.2 Å². The zero-order chi connectivity index (χ0) is 16.1. The number of aliphatic carboxylic acids is 1. The van der Waals surface area contributed by atoms with Crippen LogP contribution in [0.15, 0.2) is 24.5 Å². The standard InChI is InChI=1S/C15H19N3O4/c1-3-5-11(15(20)21)17-13(19)9-22-12-6-4-7-18-8-10(2)16-14(12)18/h4,6-8,11H,3,5,9H2,1-2H3,(H,17,19)(H,20,21). The molecule has 2 aromatic rings. The summed E-state index contributed by atoms with van der Waals surface area (Å²) in [5.41, 5.74) is 1.46. The molecule has 0 bridgehead atoms. The Morgan fingerprint density at radius 2 is 2.27 bits per heavy atom. The van der Waals surface area contributed by atoms with Crippen LogP contribution in [0.3, 0.4) is 0 Å². The predicted octanol–water partition coefficient (Wildman–Crippen LogP) is 1.39. The molecule has 2 rings (SSSR count). The number of nitrogens with one attached hydrogen (secondary N) is 1. The Balaban J connectivity index is 1.99. The number of rotatable bonds is 7. The summed E-state index contributed by atoms with van der Waals surface area (Å²) < 4.78 is 7.27. The molecule has 0 radical (unpaired) electrons. The molecule has 2 N–H and O–H groups in total. The number of carbonyl (C=O) groups excluding carboxylic acids is 1. The molecule has 0 aromatic carbocycles. The number of amides is 1. The summed E-state index contributed by atoms with van der Waals surface area (Å²) in [7, 11) is 0. The van der Waals surface area contributed by atoms with Gasteiger partial charge in [0.15, 0.2) is 18.0 Å². The SMILES string of the molecule is CCCC(NC(=O)COc1cccn2cc(C)nc12)C(=O)O. The highest BCUT2D eigenvalue weighted by atomic mass is 16.5. The molecule has 0 aliphatic rings. The van der Waals surface area contributed by atoms with Crippen LogP contribution in [0.2, 0.25) is 0 Å². The monoisotopic (exact) mass is 305 g/mol. The average molecular weight is 305 g/mol. The molecule has 22 heavy (non-hydrogen) atoms. The quantitative estimate of drug-likeness (QED) is 0.806. The van der Waals surface area contributed by atoms with E-state index in [-0.39, 0.29) is 6.61 Å². The largest absolute Gasteiger partial charge is 0.480 e. The molecule has 7 heteroatoms. The van der Waals surface area contributed by atoms with E-state index in [1.807, 2.05) is 26.2 Å². The maximum absolute atomic E-state index is 11.8. The zero-order valence-electron chi connectivity index (χ0n) is 12.6. The van der Waals surface area contributed by atoms with Crippen molar-refractivity contribution in [1.82, 2.24) is 14.7 Å². The number of imidazole rings is 1. The van der Waals surface area contributed by atoms with Crippen LogP contribution in [0.1, 0.15) is 25.5 Å². The lowest BCUT2D eigenvalue weighted by Gasteiger charge is -2.14. The molecule has 1 unspecified atom stereocenters. The number of ether oxygens (including phenoxy) is 1.